The Labute approximate surface area is 126 Å². The fourth-order valence-corrected chi connectivity index (χ4v) is 2.57. The van der Waals surface area contributed by atoms with Crippen LogP contribution in [-0.4, -0.2) is 12.2 Å². The van der Waals surface area contributed by atoms with Crippen LogP contribution in [0.1, 0.15) is 28.4 Å². The summed E-state index contributed by atoms with van der Waals surface area (Å²) in [5.74, 6) is 0.357. The van der Waals surface area contributed by atoms with Crippen LogP contribution in [0.5, 0.6) is 5.75 Å². The Morgan fingerprint density at radius 3 is 2.30 bits per heavy atom. The molecule has 0 spiro atoms. The molecule has 2 aromatic carbocycles. The highest BCUT2D eigenvalue weighted by Crippen LogP contribution is 2.33. The molecule has 0 heterocycles. The third-order valence-electron chi connectivity index (χ3n) is 3.26. The van der Waals surface area contributed by atoms with Gasteiger partial charge in [0.15, 0.2) is 0 Å². The van der Waals surface area contributed by atoms with Gasteiger partial charge in [-0.15, -0.1) is 0 Å². The molecule has 0 saturated carbocycles. The molecule has 0 fully saturated rings. The van der Waals surface area contributed by atoms with Crippen molar-refractivity contribution in [2.24, 2.45) is 0 Å². The highest BCUT2D eigenvalue weighted by Gasteiger charge is 2.17. The minimum atomic E-state index is -0.851. The molecule has 0 bridgehead atoms. The summed E-state index contributed by atoms with van der Waals surface area (Å²) in [6, 6.07) is 8.75. The molecular weight excluding hydrogens is 323 g/mol. The van der Waals surface area contributed by atoms with Crippen LogP contribution in [0, 0.1) is 19.7 Å². The Kier molecular flexibility index (Phi) is 4.45. The van der Waals surface area contributed by atoms with Crippen molar-refractivity contribution in [2.45, 2.75) is 20.0 Å². The summed E-state index contributed by atoms with van der Waals surface area (Å²) in [6.07, 6.45) is -0.851. The van der Waals surface area contributed by atoms with E-state index in [9.17, 15) is 9.50 Å². The molecule has 1 atom stereocenters. The van der Waals surface area contributed by atoms with Gasteiger partial charge in [0.2, 0.25) is 0 Å². The molecule has 2 aromatic rings. The van der Waals surface area contributed by atoms with E-state index in [1.54, 1.807) is 45.2 Å². The van der Waals surface area contributed by atoms with E-state index in [0.29, 0.717) is 28.0 Å². The van der Waals surface area contributed by atoms with E-state index in [-0.39, 0.29) is 5.82 Å². The first kappa shape index (κ1) is 15.0. The molecular formula is C16H16BrFO2. The highest BCUT2D eigenvalue weighted by molar-refractivity contribution is 9.10. The molecule has 0 aliphatic carbocycles. The number of benzene rings is 2. The molecule has 0 aliphatic rings. The normalized spacial score (nSPS) is 12.3. The van der Waals surface area contributed by atoms with Crippen LogP contribution in [-0.2, 0) is 0 Å². The van der Waals surface area contributed by atoms with Crippen molar-refractivity contribution >= 4 is 15.9 Å². The third-order valence-corrected chi connectivity index (χ3v) is 3.76. The van der Waals surface area contributed by atoms with Crippen LogP contribution in [0.2, 0.25) is 0 Å². The topological polar surface area (TPSA) is 29.5 Å². The maximum Gasteiger partial charge on any atom is 0.129 e. The maximum absolute atomic E-state index is 13.7. The lowest BCUT2D eigenvalue weighted by molar-refractivity contribution is 0.214. The first-order valence-corrected chi connectivity index (χ1v) is 7.01. The zero-order valence-electron chi connectivity index (χ0n) is 11.6. The van der Waals surface area contributed by atoms with Crippen molar-refractivity contribution in [1.29, 1.82) is 0 Å². The minimum Gasteiger partial charge on any atom is -0.496 e. The van der Waals surface area contributed by atoms with Crippen LogP contribution >= 0.6 is 15.9 Å². The second kappa shape index (κ2) is 5.94. The Morgan fingerprint density at radius 1 is 1.15 bits per heavy atom. The molecule has 2 nitrogen and oxygen atoms in total. The molecule has 1 N–H and O–H groups in total. The van der Waals surface area contributed by atoms with Crippen molar-refractivity contribution in [2.75, 3.05) is 7.11 Å². The largest absolute Gasteiger partial charge is 0.496 e. The predicted molar refractivity (Wildman–Crippen MR) is 80.6 cm³/mol. The lowest BCUT2D eigenvalue weighted by Gasteiger charge is -2.17. The number of hydrogen-bond donors (Lipinski definition) is 1. The van der Waals surface area contributed by atoms with Gasteiger partial charge in [-0.3, -0.25) is 0 Å². The Balaban J connectivity index is 2.48. The van der Waals surface area contributed by atoms with Gasteiger partial charge in [-0.25, -0.2) is 4.39 Å². The average molecular weight is 339 g/mol. The van der Waals surface area contributed by atoms with E-state index >= 15 is 0 Å². The number of aliphatic hydroxyl groups is 1. The van der Waals surface area contributed by atoms with Gasteiger partial charge in [-0.1, -0.05) is 34.1 Å². The summed E-state index contributed by atoms with van der Waals surface area (Å²) in [5, 5.41) is 10.5. The van der Waals surface area contributed by atoms with Gasteiger partial charge in [0.05, 0.1) is 7.11 Å². The number of hydrogen-bond acceptors (Lipinski definition) is 2. The molecule has 2 rings (SSSR count). The summed E-state index contributed by atoms with van der Waals surface area (Å²) >= 11 is 3.36. The quantitative estimate of drug-likeness (QED) is 0.904. The van der Waals surface area contributed by atoms with E-state index in [2.05, 4.69) is 15.9 Å². The number of methoxy groups -OCH3 is 1. The molecule has 106 valence electrons. The fraction of sp³-hybridized carbons (Fsp3) is 0.250. The van der Waals surface area contributed by atoms with Crippen molar-refractivity contribution in [3.63, 3.8) is 0 Å². The molecule has 0 aliphatic heterocycles. The second-order valence-electron chi connectivity index (χ2n) is 4.76. The lowest BCUT2D eigenvalue weighted by Crippen LogP contribution is -2.04. The van der Waals surface area contributed by atoms with Crippen LogP contribution in [0.4, 0.5) is 4.39 Å². The Morgan fingerprint density at radius 2 is 1.75 bits per heavy atom. The predicted octanol–water partition coefficient (Wildman–Crippen LogP) is 4.30. The van der Waals surface area contributed by atoms with E-state index in [1.165, 1.54) is 0 Å². The standard InChI is InChI=1S/C16H16BrFO2/c1-9-6-11(7-10(2)15(9)18)16(19)13-5-4-12(17)8-14(13)20-3/h4-8,16,19H,1-3H3. The number of halogens is 2. The number of rotatable bonds is 3. The first-order chi connectivity index (χ1) is 9.43. The van der Waals surface area contributed by atoms with E-state index in [4.69, 9.17) is 4.74 Å². The van der Waals surface area contributed by atoms with E-state index in [1.807, 2.05) is 6.07 Å². The molecule has 20 heavy (non-hydrogen) atoms. The molecule has 0 saturated heterocycles. The molecule has 0 radical (unpaired) electrons. The summed E-state index contributed by atoms with van der Waals surface area (Å²) < 4.78 is 19.8. The molecule has 1 unspecified atom stereocenters. The first-order valence-electron chi connectivity index (χ1n) is 6.22. The van der Waals surface area contributed by atoms with Crippen molar-refractivity contribution < 1.29 is 14.2 Å². The van der Waals surface area contributed by atoms with Crippen molar-refractivity contribution in [3.8, 4) is 5.75 Å². The van der Waals surface area contributed by atoms with Gasteiger partial charge >= 0.3 is 0 Å². The number of ether oxygens (including phenoxy) is 1. The molecule has 0 aromatic heterocycles. The Bertz CT molecular complexity index is 617. The van der Waals surface area contributed by atoms with Crippen LogP contribution in [0.15, 0.2) is 34.8 Å². The summed E-state index contributed by atoms with van der Waals surface area (Å²) in [7, 11) is 1.55. The molecule has 4 heteroatoms. The van der Waals surface area contributed by atoms with Gasteiger partial charge in [-0.2, -0.15) is 0 Å². The lowest BCUT2D eigenvalue weighted by atomic mass is 9.97. The van der Waals surface area contributed by atoms with E-state index < -0.39 is 6.10 Å². The Hall–Kier alpha value is -1.39. The van der Waals surface area contributed by atoms with Gasteiger partial charge < -0.3 is 9.84 Å². The van der Waals surface area contributed by atoms with Crippen LogP contribution in [0.25, 0.3) is 0 Å². The SMILES string of the molecule is COc1cc(Br)ccc1C(O)c1cc(C)c(F)c(C)c1. The fourth-order valence-electron chi connectivity index (χ4n) is 2.23. The highest BCUT2D eigenvalue weighted by atomic mass is 79.9. The summed E-state index contributed by atoms with van der Waals surface area (Å²) in [6.45, 7) is 3.38. The third kappa shape index (κ3) is 2.86. The second-order valence-corrected chi connectivity index (χ2v) is 5.67. The number of aliphatic hydroxyl groups excluding tert-OH is 1. The van der Waals surface area contributed by atoms with Gasteiger partial charge in [0, 0.05) is 10.0 Å². The smallest absolute Gasteiger partial charge is 0.129 e. The van der Waals surface area contributed by atoms with Gasteiger partial charge in [0.1, 0.15) is 17.7 Å². The van der Waals surface area contributed by atoms with Crippen molar-refractivity contribution in [1.82, 2.24) is 0 Å². The number of aryl methyl sites for hydroxylation is 2. The monoisotopic (exact) mass is 338 g/mol. The zero-order chi connectivity index (χ0) is 14.9. The van der Waals surface area contributed by atoms with E-state index in [0.717, 1.165) is 4.47 Å². The van der Waals surface area contributed by atoms with Crippen LogP contribution < -0.4 is 4.74 Å². The summed E-state index contributed by atoms with van der Waals surface area (Å²) in [5.41, 5.74) is 2.35. The maximum atomic E-state index is 13.7. The van der Waals surface area contributed by atoms with Gasteiger partial charge in [0.25, 0.3) is 0 Å². The van der Waals surface area contributed by atoms with Crippen molar-refractivity contribution in [3.05, 3.63) is 62.9 Å². The zero-order valence-corrected chi connectivity index (χ0v) is 13.2. The summed E-state index contributed by atoms with van der Waals surface area (Å²) in [4.78, 5) is 0. The van der Waals surface area contributed by atoms with Crippen LogP contribution in [0.3, 0.4) is 0 Å². The average Bonchev–Trinajstić information content (AvgIpc) is 2.43. The molecule has 0 amide bonds. The minimum absolute atomic E-state index is 0.233. The van der Waals surface area contributed by atoms with Gasteiger partial charge in [-0.05, 0) is 42.7 Å².